The highest BCUT2D eigenvalue weighted by atomic mass is 32.2. The molecule has 2 aromatic carbocycles. The SMILES string of the molecule is CC(C)(C)C(C(=O)O)n1c(SCCc2ccccc2O)nc2ccc([N+](=O)[O-])cc21. The molecule has 30 heavy (non-hydrogen) atoms. The molecule has 8 nitrogen and oxygen atoms in total. The van der Waals surface area contributed by atoms with Crippen molar-refractivity contribution in [1.82, 2.24) is 9.55 Å². The number of carbonyl (C=O) groups is 1. The number of aryl methyl sites for hydroxylation is 1. The largest absolute Gasteiger partial charge is 0.508 e. The minimum atomic E-state index is -1.03. The third kappa shape index (κ3) is 4.40. The predicted molar refractivity (Wildman–Crippen MR) is 115 cm³/mol. The maximum absolute atomic E-state index is 12.2. The van der Waals surface area contributed by atoms with Gasteiger partial charge in [0.05, 0.1) is 16.0 Å². The van der Waals surface area contributed by atoms with E-state index in [1.165, 1.54) is 23.9 Å². The van der Waals surface area contributed by atoms with Gasteiger partial charge in [0.15, 0.2) is 5.16 Å². The van der Waals surface area contributed by atoms with E-state index in [1.54, 1.807) is 22.8 Å². The van der Waals surface area contributed by atoms with Crippen molar-refractivity contribution in [3.8, 4) is 5.75 Å². The first-order chi connectivity index (χ1) is 14.1. The molecule has 3 aromatic rings. The molecule has 0 saturated carbocycles. The number of nitro groups is 1. The molecule has 0 amide bonds. The van der Waals surface area contributed by atoms with Crippen LogP contribution in [0.2, 0.25) is 0 Å². The van der Waals surface area contributed by atoms with Crippen LogP contribution in [0.4, 0.5) is 5.69 Å². The molecule has 1 unspecified atom stereocenters. The molecule has 0 fully saturated rings. The molecule has 158 valence electrons. The summed E-state index contributed by atoms with van der Waals surface area (Å²) in [6.07, 6.45) is 0.563. The van der Waals surface area contributed by atoms with E-state index in [0.29, 0.717) is 28.4 Å². The number of thioether (sulfide) groups is 1. The summed E-state index contributed by atoms with van der Waals surface area (Å²) in [7, 11) is 0. The number of benzene rings is 2. The Balaban J connectivity index is 2.05. The number of nitrogens with zero attached hydrogens (tertiary/aromatic N) is 3. The van der Waals surface area contributed by atoms with Crippen LogP contribution in [0.3, 0.4) is 0 Å². The lowest BCUT2D eigenvalue weighted by atomic mass is 9.86. The van der Waals surface area contributed by atoms with Gasteiger partial charge in [0.2, 0.25) is 0 Å². The van der Waals surface area contributed by atoms with E-state index in [0.717, 1.165) is 5.56 Å². The van der Waals surface area contributed by atoms with Crippen LogP contribution in [0.5, 0.6) is 5.75 Å². The summed E-state index contributed by atoms with van der Waals surface area (Å²) in [4.78, 5) is 27.5. The first-order valence-corrected chi connectivity index (χ1v) is 10.4. The number of non-ortho nitro benzene ring substituents is 1. The smallest absolute Gasteiger partial charge is 0.327 e. The number of hydrogen-bond donors (Lipinski definition) is 2. The average molecular weight is 429 g/mol. The molecule has 1 aromatic heterocycles. The van der Waals surface area contributed by atoms with Crippen molar-refractivity contribution < 1.29 is 19.9 Å². The summed E-state index contributed by atoms with van der Waals surface area (Å²) < 4.78 is 1.58. The Morgan fingerprint density at radius 1 is 1.27 bits per heavy atom. The number of aromatic hydroxyl groups is 1. The molecule has 0 radical (unpaired) electrons. The number of fused-ring (bicyclic) bond motifs is 1. The van der Waals surface area contributed by atoms with E-state index in [1.807, 2.05) is 32.9 Å². The van der Waals surface area contributed by atoms with Gasteiger partial charge in [0.25, 0.3) is 5.69 Å². The topological polar surface area (TPSA) is 118 Å². The van der Waals surface area contributed by atoms with E-state index < -0.39 is 22.3 Å². The number of imidazole rings is 1. The van der Waals surface area contributed by atoms with Crippen LogP contribution < -0.4 is 0 Å². The fourth-order valence-electron chi connectivity index (χ4n) is 3.37. The molecule has 2 N–H and O–H groups in total. The third-order valence-corrected chi connectivity index (χ3v) is 5.71. The van der Waals surface area contributed by atoms with Gasteiger partial charge < -0.3 is 14.8 Å². The van der Waals surface area contributed by atoms with Gasteiger partial charge >= 0.3 is 5.97 Å². The van der Waals surface area contributed by atoms with Crippen LogP contribution in [0.15, 0.2) is 47.6 Å². The van der Waals surface area contributed by atoms with Crippen molar-refractivity contribution in [2.24, 2.45) is 5.41 Å². The Labute approximate surface area is 177 Å². The van der Waals surface area contributed by atoms with E-state index >= 15 is 0 Å². The molecule has 0 bridgehead atoms. The first-order valence-electron chi connectivity index (χ1n) is 9.38. The lowest BCUT2D eigenvalue weighted by Gasteiger charge is -2.29. The van der Waals surface area contributed by atoms with Crippen molar-refractivity contribution in [2.45, 2.75) is 38.4 Å². The first kappa shape index (κ1) is 21.6. The normalized spacial score (nSPS) is 12.8. The summed E-state index contributed by atoms with van der Waals surface area (Å²) in [5, 5.41) is 31.6. The monoisotopic (exact) mass is 429 g/mol. The van der Waals surface area contributed by atoms with Gasteiger partial charge in [-0.15, -0.1) is 0 Å². The van der Waals surface area contributed by atoms with Crippen LogP contribution in [-0.4, -0.2) is 36.4 Å². The summed E-state index contributed by atoms with van der Waals surface area (Å²) in [6, 6.07) is 10.4. The molecule has 0 spiro atoms. The molecular weight excluding hydrogens is 406 g/mol. The van der Waals surface area contributed by atoms with E-state index in [4.69, 9.17) is 0 Å². The summed E-state index contributed by atoms with van der Waals surface area (Å²) in [5.74, 6) is -0.268. The molecule has 1 atom stereocenters. The number of phenols is 1. The second kappa shape index (κ2) is 8.35. The molecule has 3 rings (SSSR count). The van der Waals surface area contributed by atoms with Gasteiger partial charge in [-0.2, -0.15) is 0 Å². The Bertz CT molecular complexity index is 1100. The highest BCUT2D eigenvalue weighted by Gasteiger charge is 2.36. The van der Waals surface area contributed by atoms with Crippen molar-refractivity contribution in [2.75, 3.05) is 5.75 Å². The highest BCUT2D eigenvalue weighted by Crippen LogP contribution is 2.38. The number of para-hydroxylation sites is 1. The van der Waals surface area contributed by atoms with Gasteiger partial charge in [0.1, 0.15) is 11.8 Å². The van der Waals surface area contributed by atoms with Gasteiger partial charge in [-0.05, 0) is 29.5 Å². The Morgan fingerprint density at radius 2 is 1.97 bits per heavy atom. The predicted octanol–water partition coefficient (Wildman–Crippen LogP) is 4.66. The molecule has 0 aliphatic heterocycles. The van der Waals surface area contributed by atoms with Gasteiger partial charge in [-0.1, -0.05) is 50.7 Å². The fraction of sp³-hybridized carbons (Fsp3) is 0.333. The van der Waals surface area contributed by atoms with E-state index in [-0.39, 0.29) is 11.4 Å². The zero-order valence-corrected chi connectivity index (χ0v) is 17.7. The van der Waals surface area contributed by atoms with Crippen molar-refractivity contribution >= 4 is 34.5 Å². The summed E-state index contributed by atoms with van der Waals surface area (Å²) in [6.45, 7) is 5.43. The number of nitro benzene ring substituents is 1. The summed E-state index contributed by atoms with van der Waals surface area (Å²) in [5.41, 5.74) is 0.927. The van der Waals surface area contributed by atoms with Crippen LogP contribution >= 0.6 is 11.8 Å². The maximum Gasteiger partial charge on any atom is 0.327 e. The molecule has 0 saturated heterocycles. The summed E-state index contributed by atoms with van der Waals surface area (Å²) >= 11 is 1.36. The maximum atomic E-state index is 12.2. The number of hydrogen-bond acceptors (Lipinski definition) is 6. The fourth-order valence-corrected chi connectivity index (χ4v) is 4.38. The van der Waals surface area contributed by atoms with Crippen LogP contribution in [0.25, 0.3) is 11.0 Å². The van der Waals surface area contributed by atoms with Crippen LogP contribution in [0.1, 0.15) is 32.4 Å². The zero-order chi connectivity index (χ0) is 22.1. The number of carboxylic acids is 1. The van der Waals surface area contributed by atoms with Crippen molar-refractivity contribution in [3.05, 3.63) is 58.1 Å². The minimum absolute atomic E-state index is 0.118. The number of carboxylic acid groups (broad SMARTS) is 1. The lowest BCUT2D eigenvalue weighted by molar-refractivity contribution is -0.384. The standard InChI is InChI=1S/C21H23N3O5S/c1-21(2,3)18(19(26)27)23-16-12-14(24(28)29)8-9-15(16)22-20(23)30-11-10-13-6-4-5-7-17(13)25/h4-9,12,18,25H,10-11H2,1-3H3,(H,26,27). The zero-order valence-electron chi connectivity index (χ0n) is 16.9. The number of aliphatic carboxylic acids is 1. The van der Waals surface area contributed by atoms with E-state index in [2.05, 4.69) is 4.98 Å². The second-order valence-corrected chi connectivity index (χ2v) is 9.09. The van der Waals surface area contributed by atoms with E-state index in [9.17, 15) is 25.1 Å². The number of aromatic nitrogens is 2. The Hall–Kier alpha value is -3.07. The average Bonchev–Trinajstić information content (AvgIpc) is 2.99. The quantitative estimate of drug-likeness (QED) is 0.318. The van der Waals surface area contributed by atoms with Gasteiger partial charge in [-0.25, -0.2) is 9.78 Å². The molecular formula is C21H23N3O5S. The van der Waals surface area contributed by atoms with Crippen LogP contribution in [0, 0.1) is 15.5 Å². The number of rotatable bonds is 7. The Kier molecular flexibility index (Phi) is 6.02. The molecule has 9 heteroatoms. The minimum Gasteiger partial charge on any atom is -0.508 e. The Morgan fingerprint density at radius 3 is 2.57 bits per heavy atom. The molecule has 0 aliphatic rings. The van der Waals surface area contributed by atoms with Crippen LogP contribution in [-0.2, 0) is 11.2 Å². The second-order valence-electron chi connectivity index (χ2n) is 8.03. The highest BCUT2D eigenvalue weighted by molar-refractivity contribution is 7.99. The third-order valence-electron chi connectivity index (χ3n) is 4.76. The number of phenolic OH excluding ortho intramolecular Hbond substituents is 1. The van der Waals surface area contributed by atoms with Gasteiger partial charge in [0, 0.05) is 17.9 Å². The van der Waals surface area contributed by atoms with Crippen molar-refractivity contribution in [3.63, 3.8) is 0 Å². The lowest BCUT2D eigenvalue weighted by Crippen LogP contribution is -2.32. The molecule has 0 aliphatic carbocycles. The van der Waals surface area contributed by atoms with Crippen molar-refractivity contribution in [1.29, 1.82) is 0 Å². The molecule has 1 heterocycles. The van der Waals surface area contributed by atoms with Gasteiger partial charge in [-0.3, -0.25) is 10.1 Å².